The first kappa shape index (κ1) is 16.5. The largest absolute Gasteiger partial charge is 0.391 e. The van der Waals surface area contributed by atoms with Crippen LogP contribution in [0.3, 0.4) is 0 Å². The fourth-order valence-electron chi connectivity index (χ4n) is 2.54. The predicted molar refractivity (Wildman–Crippen MR) is 79.3 cm³/mol. The Kier molecular flexibility index (Phi) is 5.18. The number of hydrogen-bond donors (Lipinski definition) is 2. The van der Waals surface area contributed by atoms with Crippen molar-refractivity contribution in [2.24, 2.45) is 0 Å². The third-order valence-electron chi connectivity index (χ3n) is 3.88. The summed E-state index contributed by atoms with van der Waals surface area (Å²) in [5.74, 6) is 0.00674. The molecule has 122 valence electrons. The van der Waals surface area contributed by atoms with E-state index >= 15 is 0 Å². The fraction of sp³-hybridized carbons (Fsp3) is 0.667. The summed E-state index contributed by atoms with van der Waals surface area (Å²) in [6.45, 7) is 6.26. The molecule has 0 saturated carbocycles. The van der Waals surface area contributed by atoms with Gasteiger partial charge in [0, 0.05) is 26.1 Å². The molecule has 2 N–H and O–H groups in total. The van der Waals surface area contributed by atoms with Gasteiger partial charge in [0.05, 0.1) is 17.8 Å². The molecular formula is C15H23N3O4. The number of aliphatic hydroxyl groups is 1. The Morgan fingerprint density at radius 3 is 2.68 bits per heavy atom. The van der Waals surface area contributed by atoms with Crippen LogP contribution in [0.15, 0.2) is 10.6 Å². The van der Waals surface area contributed by atoms with E-state index in [1.165, 1.54) is 6.92 Å². The van der Waals surface area contributed by atoms with Crippen LogP contribution < -0.4 is 5.32 Å². The highest BCUT2D eigenvalue weighted by atomic mass is 16.5. The highest BCUT2D eigenvalue weighted by Gasteiger charge is 2.29. The zero-order valence-corrected chi connectivity index (χ0v) is 13.2. The van der Waals surface area contributed by atoms with Gasteiger partial charge in [-0.05, 0) is 18.8 Å². The second kappa shape index (κ2) is 6.91. The lowest BCUT2D eigenvalue weighted by molar-refractivity contribution is -0.120. The fourth-order valence-corrected chi connectivity index (χ4v) is 2.54. The summed E-state index contributed by atoms with van der Waals surface area (Å²) in [4.78, 5) is 25.2. The molecule has 0 aliphatic carbocycles. The summed E-state index contributed by atoms with van der Waals surface area (Å²) in [6.07, 6.45) is 0.280. The van der Waals surface area contributed by atoms with Gasteiger partial charge >= 0.3 is 0 Å². The number of aliphatic hydroxyl groups excluding tert-OH is 1. The number of likely N-dealkylation sites (tertiary alicyclic amines) is 1. The Morgan fingerprint density at radius 2 is 2.09 bits per heavy atom. The van der Waals surface area contributed by atoms with Crippen LogP contribution in [0.5, 0.6) is 0 Å². The van der Waals surface area contributed by atoms with E-state index in [-0.39, 0.29) is 29.5 Å². The van der Waals surface area contributed by atoms with E-state index in [0.717, 1.165) is 5.69 Å². The van der Waals surface area contributed by atoms with Gasteiger partial charge in [-0.25, -0.2) is 0 Å². The molecule has 2 amide bonds. The number of nitrogens with one attached hydrogen (secondary N) is 1. The van der Waals surface area contributed by atoms with Crippen LogP contribution in [0, 0.1) is 0 Å². The van der Waals surface area contributed by atoms with Crippen LogP contribution in [0.25, 0.3) is 0 Å². The van der Waals surface area contributed by atoms with Gasteiger partial charge in [-0.2, -0.15) is 0 Å². The lowest BCUT2D eigenvalue weighted by Crippen LogP contribution is -2.42. The number of amides is 2. The summed E-state index contributed by atoms with van der Waals surface area (Å²) >= 11 is 0. The number of aromatic nitrogens is 1. The SMILES string of the molecule is CC(=O)N[C@H]1CCN(C(=O)c2cc(C(C)C)no2)CC[C@@H]1O. The number of nitrogens with zero attached hydrogens (tertiary/aromatic N) is 2. The molecule has 0 spiro atoms. The maximum atomic E-state index is 12.4. The highest BCUT2D eigenvalue weighted by molar-refractivity contribution is 5.91. The molecule has 0 unspecified atom stereocenters. The third kappa shape index (κ3) is 3.85. The van der Waals surface area contributed by atoms with Crippen LogP contribution in [0.1, 0.15) is 55.8 Å². The van der Waals surface area contributed by atoms with Crippen LogP contribution in [0.4, 0.5) is 0 Å². The Balaban J connectivity index is 2.03. The van der Waals surface area contributed by atoms with Crippen molar-refractivity contribution in [1.82, 2.24) is 15.4 Å². The van der Waals surface area contributed by atoms with Crippen molar-refractivity contribution in [3.63, 3.8) is 0 Å². The van der Waals surface area contributed by atoms with Crippen molar-refractivity contribution in [2.75, 3.05) is 13.1 Å². The minimum atomic E-state index is -0.650. The molecule has 0 aromatic carbocycles. The maximum absolute atomic E-state index is 12.4. The highest BCUT2D eigenvalue weighted by Crippen LogP contribution is 2.18. The summed E-state index contributed by atoms with van der Waals surface area (Å²) in [5, 5.41) is 16.7. The van der Waals surface area contributed by atoms with E-state index in [4.69, 9.17) is 4.52 Å². The number of hydrogen-bond acceptors (Lipinski definition) is 5. The number of carbonyl (C=O) groups is 2. The molecule has 2 atom stereocenters. The van der Waals surface area contributed by atoms with Crippen LogP contribution in [0.2, 0.25) is 0 Å². The molecule has 22 heavy (non-hydrogen) atoms. The summed E-state index contributed by atoms with van der Waals surface area (Å²) < 4.78 is 5.13. The van der Waals surface area contributed by atoms with Crippen molar-refractivity contribution < 1.29 is 19.2 Å². The molecule has 0 radical (unpaired) electrons. The van der Waals surface area contributed by atoms with Crippen LogP contribution >= 0.6 is 0 Å². The molecule has 1 aromatic heterocycles. The van der Waals surface area contributed by atoms with Gasteiger partial charge in [-0.3, -0.25) is 9.59 Å². The first-order valence-electron chi connectivity index (χ1n) is 7.59. The second-order valence-electron chi connectivity index (χ2n) is 6.01. The van der Waals surface area contributed by atoms with Crippen LogP contribution in [-0.4, -0.2) is 52.2 Å². The van der Waals surface area contributed by atoms with Crippen molar-refractivity contribution in [3.8, 4) is 0 Å². The minimum absolute atomic E-state index is 0.180. The lowest BCUT2D eigenvalue weighted by atomic mass is 10.1. The standard InChI is InChI=1S/C15H23N3O4/c1-9(2)12-8-14(22-17-12)15(21)18-6-4-11(16-10(3)19)13(20)5-7-18/h8-9,11,13,20H,4-7H2,1-3H3,(H,16,19)/t11-,13-/m0/s1. The van der Waals surface area contributed by atoms with E-state index in [0.29, 0.717) is 25.9 Å². The molecular weight excluding hydrogens is 286 g/mol. The van der Waals surface area contributed by atoms with Crippen molar-refractivity contribution in [3.05, 3.63) is 17.5 Å². The van der Waals surface area contributed by atoms with Crippen LogP contribution in [-0.2, 0) is 4.79 Å². The van der Waals surface area contributed by atoms with Crippen molar-refractivity contribution in [2.45, 2.75) is 51.7 Å². The average molecular weight is 309 g/mol. The Morgan fingerprint density at radius 1 is 1.41 bits per heavy atom. The van der Waals surface area contributed by atoms with Gasteiger partial charge < -0.3 is 19.8 Å². The normalized spacial score (nSPS) is 22.5. The minimum Gasteiger partial charge on any atom is -0.391 e. The maximum Gasteiger partial charge on any atom is 0.292 e. The first-order valence-corrected chi connectivity index (χ1v) is 7.59. The van der Waals surface area contributed by atoms with Gasteiger partial charge in [0.25, 0.3) is 5.91 Å². The molecule has 1 aliphatic rings. The molecule has 1 fully saturated rings. The van der Waals surface area contributed by atoms with E-state index in [9.17, 15) is 14.7 Å². The summed E-state index contributed by atoms with van der Waals surface area (Å²) in [6, 6.07) is 1.34. The summed E-state index contributed by atoms with van der Waals surface area (Å²) in [7, 11) is 0. The second-order valence-corrected chi connectivity index (χ2v) is 6.01. The van der Waals surface area contributed by atoms with Gasteiger partial charge in [0.1, 0.15) is 0 Å². The Hall–Kier alpha value is -1.89. The van der Waals surface area contributed by atoms with Gasteiger partial charge in [0.2, 0.25) is 11.7 Å². The average Bonchev–Trinajstić information content (AvgIpc) is 2.87. The topological polar surface area (TPSA) is 95.7 Å². The Labute approximate surface area is 129 Å². The number of rotatable bonds is 3. The van der Waals surface area contributed by atoms with Crippen molar-refractivity contribution in [1.29, 1.82) is 0 Å². The summed E-state index contributed by atoms with van der Waals surface area (Å²) in [5.41, 5.74) is 0.745. The molecule has 7 heteroatoms. The van der Waals surface area contributed by atoms with Gasteiger partial charge in [-0.1, -0.05) is 19.0 Å². The zero-order valence-electron chi connectivity index (χ0n) is 13.2. The van der Waals surface area contributed by atoms with E-state index < -0.39 is 6.10 Å². The molecule has 1 saturated heterocycles. The van der Waals surface area contributed by atoms with E-state index in [1.807, 2.05) is 13.8 Å². The molecule has 1 aromatic rings. The van der Waals surface area contributed by atoms with Gasteiger partial charge in [0.15, 0.2) is 0 Å². The van der Waals surface area contributed by atoms with Gasteiger partial charge in [-0.15, -0.1) is 0 Å². The van der Waals surface area contributed by atoms with E-state index in [2.05, 4.69) is 10.5 Å². The third-order valence-corrected chi connectivity index (χ3v) is 3.88. The lowest BCUT2D eigenvalue weighted by Gasteiger charge is -2.20. The molecule has 7 nitrogen and oxygen atoms in total. The molecule has 1 aliphatic heterocycles. The molecule has 2 rings (SSSR count). The zero-order chi connectivity index (χ0) is 16.3. The predicted octanol–water partition coefficient (Wildman–Crippen LogP) is 0.900. The van der Waals surface area contributed by atoms with Crippen molar-refractivity contribution >= 4 is 11.8 Å². The molecule has 2 heterocycles. The number of carbonyl (C=O) groups excluding carboxylic acids is 2. The smallest absolute Gasteiger partial charge is 0.292 e. The van der Waals surface area contributed by atoms with E-state index in [1.54, 1.807) is 11.0 Å². The Bertz CT molecular complexity index is 541. The molecule has 0 bridgehead atoms. The quantitative estimate of drug-likeness (QED) is 0.865. The first-order chi connectivity index (χ1) is 10.4. The monoisotopic (exact) mass is 309 g/mol.